The Kier molecular flexibility index (Phi) is 5.46. The first-order valence-corrected chi connectivity index (χ1v) is 12.2. The van der Waals surface area contributed by atoms with Gasteiger partial charge in [-0.05, 0) is 38.1 Å². The lowest BCUT2D eigenvalue weighted by Gasteiger charge is -2.08. The molecule has 0 unspecified atom stereocenters. The highest BCUT2D eigenvalue weighted by atomic mass is 35.5. The molecule has 1 aliphatic rings. The van der Waals surface area contributed by atoms with E-state index in [-0.39, 0.29) is 6.79 Å². The number of hydrogen-bond acceptors (Lipinski definition) is 8. The van der Waals surface area contributed by atoms with Gasteiger partial charge >= 0.3 is 0 Å². The predicted molar refractivity (Wildman–Crippen MR) is 135 cm³/mol. The zero-order valence-corrected chi connectivity index (χ0v) is 20.7. The summed E-state index contributed by atoms with van der Waals surface area (Å²) in [6, 6.07) is 14.6. The summed E-state index contributed by atoms with van der Waals surface area (Å²) in [4.78, 5) is 18.1. The molecule has 0 radical (unpaired) electrons. The minimum Gasteiger partial charge on any atom is -0.454 e. The Morgan fingerprint density at radius 3 is 2.81 bits per heavy atom. The van der Waals surface area contributed by atoms with E-state index in [0.717, 1.165) is 17.0 Å². The summed E-state index contributed by atoms with van der Waals surface area (Å²) in [5.74, 6) is 1.85. The van der Waals surface area contributed by atoms with Gasteiger partial charge in [-0.1, -0.05) is 35.0 Å². The zero-order valence-electron chi connectivity index (χ0n) is 19.1. The maximum absolute atomic E-state index is 13.4. The van der Waals surface area contributed by atoms with Crippen LogP contribution in [0.3, 0.4) is 0 Å². The summed E-state index contributed by atoms with van der Waals surface area (Å²) in [5.41, 5.74) is 3.65. The fourth-order valence-electron chi connectivity index (χ4n) is 3.94. The Hall–Kier alpha value is -4.15. The number of nitrogens with zero attached hydrogens (tertiary/aromatic N) is 4. The predicted octanol–water partition coefficient (Wildman–Crippen LogP) is 5.90. The smallest absolute Gasteiger partial charge is 0.262 e. The fourth-order valence-corrected chi connectivity index (χ4v) is 4.96. The standard InChI is InChI=1S/C25H18ClN5O4S/c1-13-9-21(28-24(32)22-14(2)35-30-23(22)16-5-3-4-6-17(16)26)31(29-13)25-27-18(11-36-25)15-7-8-19-20(10-15)34-12-33-19/h3-11H,12H2,1-2H3,(H,28,32). The summed E-state index contributed by atoms with van der Waals surface area (Å²) in [7, 11) is 0. The number of ether oxygens (including phenoxy) is 2. The van der Waals surface area contributed by atoms with Gasteiger partial charge in [0, 0.05) is 22.6 Å². The number of anilines is 1. The van der Waals surface area contributed by atoms with Crippen LogP contribution >= 0.6 is 22.9 Å². The van der Waals surface area contributed by atoms with Crippen molar-refractivity contribution in [1.82, 2.24) is 19.9 Å². The van der Waals surface area contributed by atoms with E-state index < -0.39 is 5.91 Å². The van der Waals surface area contributed by atoms with Crippen LogP contribution < -0.4 is 14.8 Å². The third kappa shape index (κ3) is 3.90. The first-order chi connectivity index (χ1) is 17.5. The van der Waals surface area contributed by atoms with Crippen molar-refractivity contribution in [3.05, 3.63) is 76.0 Å². The second kappa shape index (κ2) is 8.81. The topological polar surface area (TPSA) is 104 Å². The van der Waals surface area contributed by atoms with E-state index in [1.165, 1.54) is 11.3 Å². The molecule has 0 saturated carbocycles. The van der Waals surface area contributed by atoms with Gasteiger partial charge in [0.1, 0.15) is 22.8 Å². The number of aromatic nitrogens is 4. The highest BCUT2D eigenvalue weighted by Gasteiger charge is 2.25. The van der Waals surface area contributed by atoms with Crippen molar-refractivity contribution in [1.29, 1.82) is 0 Å². The molecule has 2 aromatic carbocycles. The van der Waals surface area contributed by atoms with Crippen LogP contribution in [0.25, 0.3) is 27.6 Å². The number of aryl methyl sites for hydroxylation is 2. The molecule has 0 aliphatic carbocycles. The number of rotatable bonds is 5. The fraction of sp³-hybridized carbons (Fsp3) is 0.120. The van der Waals surface area contributed by atoms with Gasteiger partial charge in [-0.15, -0.1) is 11.3 Å². The maximum atomic E-state index is 13.4. The molecule has 1 aliphatic heterocycles. The quantitative estimate of drug-likeness (QED) is 0.308. The Morgan fingerprint density at radius 2 is 1.94 bits per heavy atom. The molecule has 6 rings (SSSR count). The third-order valence-electron chi connectivity index (χ3n) is 5.63. The highest BCUT2D eigenvalue weighted by molar-refractivity contribution is 7.12. The summed E-state index contributed by atoms with van der Waals surface area (Å²) >= 11 is 7.75. The number of benzene rings is 2. The van der Waals surface area contributed by atoms with Crippen LogP contribution in [0, 0.1) is 13.8 Å². The van der Waals surface area contributed by atoms with Gasteiger partial charge in [-0.2, -0.15) is 9.78 Å². The molecular formula is C25H18ClN5O4S. The number of hydrogen-bond donors (Lipinski definition) is 1. The van der Waals surface area contributed by atoms with Crippen molar-refractivity contribution >= 4 is 34.7 Å². The van der Waals surface area contributed by atoms with E-state index in [9.17, 15) is 4.79 Å². The van der Waals surface area contributed by atoms with E-state index in [1.54, 1.807) is 29.8 Å². The molecule has 5 aromatic rings. The van der Waals surface area contributed by atoms with Crippen LogP contribution in [0.1, 0.15) is 21.8 Å². The van der Waals surface area contributed by atoms with Crippen molar-refractivity contribution in [3.63, 3.8) is 0 Å². The minimum absolute atomic E-state index is 0.209. The van der Waals surface area contributed by atoms with Gasteiger partial charge in [0.2, 0.25) is 11.9 Å². The molecule has 0 atom stereocenters. The molecule has 180 valence electrons. The molecular weight excluding hydrogens is 502 g/mol. The summed E-state index contributed by atoms with van der Waals surface area (Å²) < 4.78 is 17.8. The van der Waals surface area contributed by atoms with Crippen molar-refractivity contribution in [2.24, 2.45) is 0 Å². The molecule has 0 spiro atoms. The average molecular weight is 520 g/mol. The van der Waals surface area contributed by atoms with Gasteiger partial charge in [0.15, 0.2) is 11.5 Å². The number of amides is 1. The van der Waals surface area contributed by atoms with Crippen LogP contribution in [0.2, 0.25) is 5.02 Å². The van der Waals surface area contributed by atoms with Gasteiger partial charge in [-0.25, -0.2) is 4.98 Å². The van der Waals surface area contributed by atoms with Crippen molar-refractivity contribution in [3.8, 4) is 39.1 Å². The second-order valence-corrected chi connectivity index (χ2v) is 9.31. The van der Waals surface area contributed by atoms with E-state index >= 15 is 0 Å². The Bertz CT molecular complexity index is 1620. The lowest BCUT2D eigenvalue weighted by molar-refractivity contribution is 0.102. The van der Waals surface area contributed by atoms with Gasteiger partial charge in [0.05, 0.1) is 16.4 Å². The van der Waals surface area contributed by atoms with E-state index in [4.69, 9.17) is 30.6 Å². The monoisotopic (exact) mass is 519 g/mol. The number of halogens is 1. The lowest BCUT2D eigenvalue weighted by Crippen LogP contribution is -2.16. The first kappa shape index (κ1) is 22.3. The molecule has 0 saturated heterocycles. The zero-order chi connectivity index (χ0) is 24.8. The number of fused-ring (bicyclic) bond motifs is 1. The number of nitrogens with one attached hydrogen (secondary N) is 1. The molecule has 0 bridgehead atoms. The number of carbonyl (C=O) groups excluding carboxylic acids is 1. The van der Waals surface area contributed by atoms with Crippen LogP contribution in [0.15, 0.2) is 58.4 Å². The summed E-state index contributed by atoms with van der Waals surface area (Å²) in [5, 5.41) is 14.6. The molecule has 3 aromatic heterocycles. The SMILES string of the molecule is Cc1cc(NC(=O)c2c(-c3ccccc3Cl)noc2C)n(-c2nc(-c3ccc4c(c3)OCO4)cs2)n1. The second-order valence-electron chi connectivity index (χ2n) is 8.06. The van der Waals surface area contributed by atoms with Crippen LogP contribution in [-0.4, -0.2) is 32.6 Å². The lowest BCUT2D eigenvalue weighted by atomic mass is 10.1. The summed E-state index contributed by atoms with van der Waals surface area (Å²) in [6.07, 6.45) is 0. The van der Waals surface area contributed by atoms with Gasteiger partial charge in [0.25, 0.3) is 5.91 Å². The first-order valence-electron chi connectivity index (χ1n) is 10.9. The van der Waals surface area contributed by atoms with Crippen LogP contribution in [0.5, 0.6) is 11.5 Å². The number of carbonyl (C=O) groups is 1. The van der Waals surface area contributed by atoms with Crippen molar-refractivity contribution in [2.45, 2.75) is 13.8 Å². The third-order valence-corrected chi connectivity index (χ3v) is 6.78. The van der Waals surface area contributed by atoms with E-state index in [1.807, 2.05) is 42.6 Å². The molecule has 11 heteroatoms. The minimum atomic E-state index is -0.391. The normalized spacial score (nSPS) is 12.2. The maximum Gasteiger partial charge on any atom is 0.262 e. The molecule has 1 amide bonds. The average Bonchev–Trinajstić information content (AvgIpc) is 3.65. The Morgan fingerprint density at radius 1 is 1.11 bits per heavy atom. The van der Waals surface area contributed by atoms with Gasteiger partial charge in [-0.3, -0.25) is 4.79 Å². The van der Waals surface area contributed by atoms with Crippen LogP contribution in [0.4, 0.5) is 5.82 Å². The number of thiazole rings is 1. The molecule has 0 fully saturated rings. The van der Waals surface area contributed by atoms with E-state index in [0.29, 0.717) is 50.1 Å². The Balaban J connectivity index is 1.31. The molecule has 36 heavy (non-hydrogen) atoms. The highest BCUT2D eigenvalue weighted by Crippen LogP contribution is 2.37. The van der Waals surface area contributed by atoms with Crippen molar-refractivity contribution < 1.29 is 18.8 Å². The molecule has 4 heterocycles. The molecule has 9 nitrogen and oxygen atoms in total. The van der Waals surface area contributed by atoms with E-state index in [2.05, 4.69) is 15.6 Å². The summed E-state index contributed by atoms with van der Waals surface area (Å²) in [6.45, 7) is 3.74. The molecule has 1 N–H and O–H groups in total. The van der Waals surface area contributed by atoms with Crippen LogP contribution in [-0.2, 0) is 0 Å². The Labute approximate surface area is 214 Å². The van der Waals surface area contributed by atoms with Gasteiger partial charge < -0.3 is 19.3 Å². The van der Waals surface area contributed by atoms with Crippen molar-refractivity contribution in [2.75, 3.05) is 12.1 Å². The largest absolute Gasteiger partial charge is 0.454 e.